The monoisotopic (exact) mass is 487 g/mol. The normalized spacial score (nSPS) is 19.2. The molecule has 2 saturated carbocycles. The van der Waals surface area contributed by atoms with Crippen LogP contribution in [-0.2, 0) is 4.79 Å². The average molecular weight is 488 g/mol. The molecule has 3 aromatic carbocycles. The molecular weight excluding hydrogens is 464 g/mol. The summed E-state index contributed by atoms with van der Waals surface area (Å²) in [5.74, 6) is -2.10. The van der Waals surface area contributed by atoms with Gasteiger partial charge in [-0.1, -0.05) is 24.3 Å². The molecule has 0 aliphatic heterocycles. The Labute approximate surface area is 205 Å². The van der Waals surface area contributed by atoms with Gasteiger partial charge in [0.25, 0.3) is 5.91 Å². The van der Waals surface area contributed by atoms with Crippen LogP contribution in [-0.4, -0.2) is 32.6 Å². The molecule has 2 aliphatic rings. The van der Waals surface area contributed by atoms with Crippen LogP contribution >= 0.6 is 0 Å². The van der Waals surface area contributed by atoms with Gasteiger partial charge in [0.05, 0.1) is 17.0 Å². The van der Waals surface area contributed by atoms with Crippen molar-refractivity contribution >= 4 is 22.9 Å². The number of fused-ring (bicyclic) bond motifs is 1. The third-order valence-electron chi connectivity index (χ3n) is 7.08. The molecule has 6 rings (SSSR count). The summed E-state index contributed by atoms with van der Waals surface area (Å²) >= 11 is 0. The van der Waals surface area contributed by atoms with E-state index >= 15 is 0 Å². The summed E-state index contributed by atoms with van der Waals surface area (Å²) in [6.07, 6.45) is 2.86. The van der Waals surface area contributed by atoms with Gasteiger partial charge in [0, 0.05) is 34.8 Å². The maximum Gasteiger partial charge on any atom is 0.306 e. The fourth-order valence-corrected chi connectivity index (χ4v) is 4.96. The number of carboxylic acids is 1. The van der Waals surface area contributed by atoms with Gasteiger partial charge in [-0.05, 0) is 61.6 Å². The molecule has 36 heavy (non-hydrogen) atoms. The highest BCUT2D eigenvalue weighted by Gasteiger charge is 2.35. The van der Waals surface area contributed by atoms with Crippen molar-refractivity contribution in [1.29, 1.82) is 0 Å². The van der Waals surface area contributed by atoms with E-state index in [1.165, 1.54) is 12.1 Å². The summed E-state index contributed by atoms with van der Waals surface area (Å²) in [5, 5.41) is 12.0. The highest BCUT2D eigenvalue weighted by molar-refractivity contribution is 5.98. The molecule has 2 N–H and O–H groups in total. The van der Waals surface area contributed by atoms with Gasteiger partial charge in [-0.3, -0.25) is 9.59 Å². The zero-order chi connectivity index (χ0) is 25.0. The van der Waals surface area contributed by atoms with E-state index < -0.39 is 23.5 Å². The third kappa shape index (κ3) is 3.92. The van der Waals surface area contributed by atoms with E-state index in [1.807, 2.05) is 24.3 Å². The maximum atomic E-state index is 14.7. The lowest BCUT2D eigenvalue weighted by Gasteiger charge is -2.32. The van der Waals surface area contributed by atoms with Crippen molar-refractivity contribution in [3.05, 3.63) is 77.9 Å². The Morgan fingerprint density at radius 3 is 2.39 bits per heavy atom. The number of imidazole rings is 1. The Morgan fingerprint density at radius 1 is 0.944 bits per heavy atom. The van der Waals surface area contributed by atoms with Crippen molar-refractivity contribution in [2.24, 2.45) is 5.92 Å². The number of carboxylic acid groups (broad SMARTS) is 1. The summed E-state index contributed by atoms with van der Waals surface area (Å²) in [4.78, 5) is 28.7. The Bertz CT molecular complexity index is 1520. The average Bonchev–Trinajstić information content (AvgIpc) is 3.60. The predicted molar refractivity (Wildman–Crippen MR) is 130 cm³/mol. The van der Waals surface area contributed by atoms with Crippen molar-refractivity contribution in [3.8, 4) is 22.5 Å². The van der Waals surface area contributed by atoms with E-state index in [4.69, 9.17) is 10.1 Å². The first-order valence-electron chi connectivity index (χ1n) is 12.0. The van der Waals surface area contributed by atoms with Crippen LogP contribution in [0.15, 0.2) is 60.7 Å². The summed E-state index contributed by atoms with van der Waals surface area (Å²) in [6.45, 7) is 0. The van der Waals surface area contributed by atoms with E-state index in [1.54, 1.807) is 18.2 Å². The number of rotatable bonds is 6. The molecule has 0 atom stereocenters. The fraction of sp³-hybridized carbons (Fsp3) is 0.250. The van der Waals surface area contributed by atoms with Gasteiger partial charge in [-0.15, -0.1) is 0 Å². The van der Waals surface area contributed by atoms with Gasteiger partial charge in [0.2, 0.25) is 0 Å². The molecule has 1 aromatic heterocycles. The number of aliphatic carboxylic acids is 1. The quantitative estimate of drug-likeness (QED) is 0.372. The highest BCUT2D eigenvalue weighted by atomic mass is 19.1. The largest absolute Gasteiger partial charge is 0.481 e. The first-order chi connectivity index (χ1) is 17.4. The molecule has 2 fully saturated rings. The summed E-state index contributed by atoms with van der Waals surface area (Å²) in [6, 6.07) is 16.4. The van der Waals surface area contributed by atoms with Crippen LogP contribution in [0.1, 0.15) is 42.1 Å². The number of hydrogen-bond donors (Lipinski definition) is 2. The fourth-order valence-electron chi connectivity index (χ4n) is 4.96. The molecule has 182 valence electrons. The maximum absolute atomic E-state index is 14.7. The SMILES string of the molecule is O=C(NC1CC(C(=O)O)C1)c1ccc2c(c1)nc(-c1ccccc1-c1ccc(F)cc1F)n2C1CC1. The van der Waals surface area contributed by atoms with Gasteiger partial charge in [0.15, 0.2) is 0 Å². The minimum Gasteiger partial charge on any atom is -0.481 e. The third-order valence-corrected chi connectivity index (χ3v) is 7.08. The van der Waals surface area contributed by atoms with Crippen molar-refractivity contribution in [1.82, 2.24) is 14.9 Å². The number of nitrogens with zero attached hydrogens (tertiary/aromatic N) is 2. The Kier molecular flexibility index (Phi) is 5.32. The lowest BCUT2D eigenvalue weighted by atomic mass is 9.80. The molecule has 0 saturated heterocycles. The van der Waals surface area contributed by atoms with Gasteiger partial charge >= 0.3 is 5.97 Å². The van der Waals surface area contributed by atoms with E-state index in [0.29, 0.717) is 40.9 Å². The van der Waals surface area contributed by atoms with Gasteiger partial charge < -0.3 is 15.0 Å². The molecule has 6 nitrogen and oxygen atoms in total. The molecule has 0 unspecified atom stereocenters. The van der Waals surface area contributed by atoms with E-state index in [9.17, 15) is 18.4 Å². The van der Waals surface area contributed by atoms with Crippen LogP contribution in [0.4, 0.5) is 8.78 Å². The molecule has 0 spiro atoms. The molecule has 1 heterocycles. The predicted octanol–water partition coefficient (Wildman–Crippen LogP) is 5.58. The lowest BCUT2D eigenvalue weighted by molar-refractivity contribution is -0.145. The van der Waals surface area contributed by atoms with E-state index in [-0.39, 0.29) is 18.0 Å². The zero-order valence-electron chi connectivity index (χ0n) is 19.2. The van der Waals surface area contributed by atoms with Crippen LogP contribution in [0.2, 0.25) is 0 Å². The number of aromatic nitrogens is 2. The van der Waals surface area contributed by atoms with Crippen molar-refractivity contribution in [3.63, 3.8) is 0 Å². The molecule has 1 amide bonds. The first-order valence-corrected chi connectivity index (χ1v) is 12.0. The van der Waals surface area contributed by atoms with Crippen molar-refractivity contribution in [2.75, 3.05) is 0 Å². The Hall–Kier alpha value is -4.07. The molecular formula is C28H23F2N3O3. The second kappa shape index (κ2) is 8.55. The second-order valence-corrected chi connectivity index (χ2v) is 9.59. The topological polar surface area (TPSA) is 84.2 Å². The number of halogens is 2. The van der Waals surface area contributed by atoms with Crippen LogP contribution in [0.3, 0.4) is 0 Å². The number of benzene rings is 3. The number of nitrogens with one attached hydrogen (secondary N) is 1. The van der Waals surface area contributed by atoms with Gasteiger partial charge in [-0.2, -0.15) is 0 Å². The van der Waals surface area contributed by atoms with Gasteiger partial charge in [0.1, 0.15) is 17.5 Å². The smallest absolute Gasteiger partial charge is 0.306 e. The second-order valence-electron chi connectivity index (χ2n) is 9.59. The Morgan fingerprint density at radius 2 is 1.69 bits per heavy atom. The number of amides is 1. The number of carbonyl (C=O) groups is 2. The van der Waals surface area contributed by atoms with Crippen LogP contribution in [0.5, 0.6) is 0 Å². The number of carbonyl (C=O) groups excluding carboxylic acids is 1. The first kappa shape index (κ1) is 22.4. The number of hydrogen-bond acceptors (Lipinski definition) is 3. The van der Waals surface area contributed by atoms with Gasteiger partial charge in [-0.25, -0.2) is 13.8 Å². The van der Waals surface area contributed by atoms with E-state index in [2.05, 4.69) is 9.88 Å². The summed E-state index contributed by atoms with van der Waals surface area (Å²) in [5.41, 5.74) is 3.62. The molecule has 4 aromatic rings. The Balaban J connectivity index is 1.38. The van der Waals surface area contributed by atoms with Crippen molar-refractivity contribution < 1.29 is 23.5 Å². The van der Waals surface area contributed by atoms with E-state index in [0.717, 1.165) is 30.0 Å². The minimum absolute atomic E-state index is 0.147. The lowest BCUT2D eigenvalue weighted by Crippen LogP contribution is -2.46. The molecule has 0 bridgehead atoms. The zero-order valence-corrected chi connectivity index (χ0v) is 19.2. The standard InChI is InChI=1S/C28H23F2N3O3/c29-17-6-9-21(23(30)14-17)20-3-1-2-4-22(20)26-32-24-13-15(5-10-25(24)33(26)19-7-8-19)27(34)31-18-11-16(12-18)28(35)36/h1-6,9-10,13-14,16,18-19H,7-8,11-12H2,(H,31,34)(H,35,36). The van der Waals surface area contributed by atoms with Crippen LogP contribution in [0.25, 0.3) is 33.5 Å². The summed E-state index contributed by atoms with van der Waals surface area (Å²) < 4.78 is 30.4. The van der Waals surface area contributed by atoms with Crippen molar-refractivity contribution in [2.45, 2.75) is 37.8 Å². The highest BCUT2D eigenvalue weighted by Crippen LogP contribution is 2.43. The molecule has 8 heteroatoms. The molecule has 0 radical (unpaired) electrons. The van der Waals surface area contributed by atoms with Crippen LogP contribution < -0.4 is 5.32 Å². The van der Waals surface area contributed by atoms with Crippen LogP contribution in [0, 0.1) is 17.6 Å². The summed E-state index contributed by atoms with van der Waals surface area (Å²) in [7, 11) is 0. The minimum atomic E-state index is -0.833. The molecule has 2 aliphatic carbocycles.